The van der Waals surface area contributed by atoms with E-state index >= 15 is 0 Å². The maximum atomic E-state index is 13.8. The molecule has 0 fully saturated rings. The minimum absolute atomic E-state index is 0.102. The van der Waals surface area contributed by atoms with Crippen LogP contribution in [0.1, 0.15) is 35.5 Å². The van der Waals surface area contributed by atoms with Gasteiger partial charge in [0.05, 0.1) is 11.8 Å². The van der Waals surface area contributed by atoms with E-state index in [1.807, 2.05) is 24.3 Å². The Balaban J connectivity index is 1.73. The number of carbonyl (C=O) groups is 2. The lowest BCUT2D eigenvalue weighted by Crippen LogP contribution is -2.26. The third kappa shape index (κ3) is 6.10. The van der Waals surface area contributed by atoms with Gasteiger partial charge in [-0.2, -0.15) is 0 Å². The molecule has 0 atom stereocenters. The standard InChI is InChI=1S/C24H23F2N3O3/c1-15(2)32-24(31)28-13-16-6-3-4-7-19(16)21-8-5-9-22(29-21)23(30)27-14-17-10-11-18(25)12-20(17)26/h3-12,15H,13-14H2,1-2H3,(H,27,30)(H,28,31). The molecule has 0 aliphatic carbocycles. The quantitative estimate of drug-likeness (QED) is 0.564. The second-order valence-corrected chi connectivity index (χ2v) is 7.29. The highest BCUT2D eigenvalue weighted by atomic mass is 19.1. The van der Waals surface area contributed by atoms with Crippen molar-refractivity contribution in [3.63, 3.8) is 0 Å². The van der Waals surface area contributed by atoms with E-state index in [1.165, 1.54) is 6.07 Å². The van der Waals surface area contributed by atoms with Crippen LogP contribution in [0.5, 0.6) is 0 Å². The van der Waals surface area contributed by atoms with Gasteiger partial charge in [0, 0.05) is 30.3 Å². The number of nitrogens with zero attached hydrogens (tertiary/aromatic N) is 1. The van der Waals surface area contributed by atoms with Crippen LogP contribution in [0.2, 0.25) is 0 Å². The van der Waals surface area contributed by atoms with Gasteiger partial charge in [-0.15, -0.1) is 0 Å². The first-order valence-electron chi connectivity index (χ1n) is 10.1. The maximum Gasteiger partial charge on any atom is 0.407 e. The first-order valence-corrected chi connectivity index (χ1v) is 10.1. The number of halogens is 2. The average Bonchev–Trinajstić information content (AvgIpc) is 2.77. The molecule has 0 unspecified atom stereocenters. The van der Waals surface area contributed by atoms with Crippen LogP contribution in [-0.4, -0.2) is 23.1 Å². The maximum absolute atomic E-state index is 13.8. The molecule has 0 radical (unpaired) electrons. The van der Waals surface area contributed by atoms with Crippen LogP contribution >= 0.6 is 0 Å². The number of benzene rings is 2. The Hall–Kier alpha value is -3.81. The third-order valence-electron chi connectivity index (χ3n) is 4.50. The number of pyridine rings is 1. The van der Waals surface area contributed by atoms with Crippen molar-refractivity contribution < 1.29 is 23.1 Å². The summed E-state index contributed by atoms with van der Waals surface area (Å²) in [5.41, 5.74) is 2.40. The zero-order chi connectivity index (χ0) is 23.1. The highest BCUT2D eigenvalue weighted by Crippen LogP contribution is 2.22. The molecule has 0 spiro atoms. The summed E-state index contributed by atoms with van der Waals surface area (Å²) in [5.74, 6) is -1.91. The highest BCUT2D eigenvalue weighted by Gasteiger charge is 2.13. The van der Waals surface area contributed by atoms with Gasteiger partial charge in [0.15, 0.2) is 0 Å². The van der Waals surface area contributed by atoms with Gasteiger partial charge in [-0.3, -0.25) is 4.79 Å². The molecule has 0 aliphatic heterocycles. The Morgan fingerprint density at radius 3 is 2.44 bits per heavy atom. The van der Waals surface area contributed by atoms with Crippen molar-refractivity contribution in [2.24, 2.45) is 0 Å². The second kappa shape index (κ2) is 10.5. The molecule has 3 aromatic rings. The van der Waals surface area contributed by atoms with Crippen LogP contribution < -0.4 is 10.6 Å². The van der Waals surface area contributed by atoms with Gasteiger partial charge in [-0.05, 0) is 37.6 Å². The van der Waals surface area contributed by atoms with Crippen LogP contribution in [0.4, 0.5) is 13.6 Å². The molecule has 8 heteroatoms. The topological polar surface area (TPSA) is 80.3 Å². The van der Waals surface area contributed by atoms with Crippen molar-refractivity contribution in [1.29, 1.82) is 0 Å². The summed E-state index contributed by atoms with van der Waals surface area (Å²) in [6, 6.07) is 15.5. The molecule has 0 bridgehead atoms. The Kier molecular flexibility index (Phi) is 7.49. The molecule has 6 nitrogen and oxygen atoms in total. The lowest BCUT2D eigenvalue weighted by atomic mass is 10.0. The zero-order valence-corrected chi connectivity index (χ0v) is 17.7. The minimum atomic E-state index is -0.732. The van der Waals surface area contributed by atoms with E-state index in [0.717, 1.165) is 23.3 Å². The van der Waals surface area contributed by atoms with Crippen LogP contribution in [-0.2, 0) is 17.8 Å². The zero-order valence-electron chi connectivity index (χ0n) is 17.7. The van der Waals surface area contributed by atoms with Crippen molar-refractivity contribution in [3.05, 3.63) is 89.1 Å². The van der Waals surface area contributed by atoms with Gasteiger partial charge in [-0.25, -0.2) is 18.6 Å². The predicted molar refractivity (Wildman–Crippen MR) is 116 cm³/mol. The van der Waals surface area contributed by atoms with Crippen molar-refractivity contribution in [1.82, 2.24) is 15.6 Å². The minimum Gasteiger partial charge on any atom is -0.447 e. The van der Waals surface area contributed by atoms with Crippen LogP contribution in [0.25, 0.3) is 11.3 Å². The van der Waals surface area contributed by atoms with Gasteiger partial charge < -0.3 is 15.4 Å². The molecule has 0 saturated heterocycles. The molecule has 32 heavy (non-hydrogen) atoms. The molecule has 0 saturated carbocycles. The monoisotopic (exact) mass is 439 g/mol. The fourth-order valence-electron chi connectivity index (χ4n) is 2.99. The molecule has 2 N–H and O–H groups in total. The number of nitrogens with one attached hydrogen (secondary N) is 2. The molecule has 2 aromatic carbocycles. The molecule has 2 amide bonds. The molecular formula is C24H23F2N3O3. The Labute approximate surface area is 184 Å². The van der Waals surface area contributed by atoms with Crippen molar-refractivity contribution in [2.75, 3.05) is 0 Å². The number of aromatic nitrogens is 1. The van der Waals surface area contributed by atoms with Crippen LogP contribution in [0.3, 0.4) is 0 Å². The first kappa shape index (κ1) is 22.9. The third-order valence-corrected chi connectivity index (χ3v) is 4.50. The van der Waals surface area contributed by atoms with Crippen molar-refractivity contribution in [2.45, 2.75) is 33.0 Å². The smallest absolute Gasteiger partial charge is 0.407 e. The van der Waals surface area contributed by atoms with Gasteiger partial charge in [-0.1, -0.05) is 36.4 Å². The second-order valence-electron chi connectivity index (χ2n) is 7.29. The van der Waals surface area contributed by atoms with Crippen molar-refractivity contribution in [3.8, 4) is 11.3 Å². The summed E-state index contributed by atoms with van der Waals surface area (Å²) in [7, 11) is 0. The number of ether oxygens (including phenoxy) is 1. The molecule has 166 valence electrons. The molecule has 0 aliphatic rings. The van der Waals surface area contributed by atoms with Crippen molar-refractivity contribution >= 4 is 12.0 Å². The van der Waals surface area contributed by atoms with E-state index in [4.69, 9.17) is 4.74 Å². The lowest BCUT2D eigenvalue weighted by molar-refractivity contribution is 0.0945. The lowest BCUT2D eigenvalue weighted by Gasteiger charge is -2.13. The summed E-state index contributed by atoms with van der Waals surface area (Å²) >= 11 is 0. The number of alkyl carbamates (subject to hydrolysis) is 1. The van der Waals surface area contributed by atoms with E-state index in [2.05, 4.69) is 15.6 Å². The number of hydrogen-bond acceptors (Lipinski definition) is 4. The molecular weight excluding hydrogens is 416 g/mol. The Bertz CT molecular complexity index is 1120. The fraction of sp³-hybridized carbons (Fsp3) is 0.208. The molecule has 1 aromatic heterocycles. The van der Waals surface area contributed by atoms with E-state index < -0.39 is 23.6 Å². The van der Waals surface area contributed by atoms with E-state index in [-0.39, 0.29) is 30.5 Å². The Morgan fingerprint density at radius 2 is 1.69 bits per heavy atom. The molecule has 1 heterocycles. The first-order chi connectivity index (χ1) is 15.3. The summed E-state index contributed by atoms with van der Waals surface area (Å²) in [6.45, 7) is 3.65. The van der Waals surface area contributed by atoms with Gasteiger partial charge in [0.1, 0.15) is 17.3 Å². The molecule has 3 rings (SSSR count). The summed E-state index contributed by atoms with van der Waals surface area (Å²) in [5, 5.41) is 5.28. The van der Waals surface area contributed by atoms with E-state index in [0.29, 0.717) is 5.69 Å². The van der Waals surface area contributed by atoms with Gasteiger partial charge in [0.2, 0.25) is 0 Å². The van der Waals surface area contributed by atoms with Gasteiger partial charge in [0.25, 0.3) is 5.91 Å². The van der Waals surface area contributed by atoms with E-state index in [1.54, 1.807) is 32.0 Å². The Morgan fingerprint density at radius 1 is 0.938 bits per heavy atom. The summed E-state index contributed by atoms with van der Waals surface area (Å²) < 4.78 is 31.9. The average molecular weight is 439 g/mol. The number of amides is 2. The highest BCUT2D eigenvalue weighted by molar-refractivity contribution is 5.92. The fourth-order valence-corrected chi connectivity index (χ4v) is 2.99. The predicted octanol–water partition coefficient (Wildman–Crippen LogP) is 4.59. The number of rotatable bonds is 7. The van der Waals surface area contributed by atoms with Crippen LogP contribution in [0.15, 0.2) is 60.7 Å². The summed E-state index contributed by atoms with van der Waals surface area (Å²) in [4.78, 5) is 28.8. The number of carbonyl (C=O) groups excluding carboxylic acids is 2. The van der Waals surface area contributed by atoms with E-state index in [9.17, 15) is 18.4 Å². The summed E-state index contributed by atoms with van der Waals surface area (Å²) in [6.07, 6.45) is -0.755. The van der Waals surface area contributed by atoms with Crippen LogP contribution in [0, 0.1) is 11.6 Å². The normalized spacial score (nSPS) is 10.7. The SMILES string of the molecule is CC(C)OC(=O)NCc1ccccc1-c1cccc(C(=O)NCc2ccc(F)cc2F)n1. The van der Waals surface area contributed by atoms with Gasteiger partial charge >= 0.3 is 6.09 Å². The number of hydrogen-bond donors (Lipinski definition) is 2. The largest absolute Gasteiger partial charge is 0.447 e.